The SMILES string of the molecule is CC.COC(=O)CCc1ccc(NCc2cccc(-c3c(C)cc(OCc4ccccc4)cc3C)c2)cc1. The fourth-order valence-electron chi connectivity index (χ4n) is 4.38. The molecule has 4 aromatic rings. The van der Waals surface area contributed by atoms with E-state index in [2.05, 4.69) is 92.0 Å². The van der Waals surface area contributed by atoms with E-state index in [-0.39, 0.29) is 5.97 Å². The van der Waals surface area contributed by atoms with Crippen molar-refractivity contribution in [2.24, 2.45) is 0 Å². The maximum atomic E-state index is 11.3. The van der Waals surface area contributed by atoms with E-state index >= 15 is 0 Å². The monoisotopic (exact) mass is 509 g/mol. The molecule has 0 radical (unpaired) electrons. The van der Waals surface area contributed by atoms with Crippen LogP contribution in [0.5, 0.6) is 5.75 Å². The molecule has 4 nitrogen and oxygen atoms in total. The first kappa shape index (κ1) is 28.5. The number of hydrogen-bond donors (Lipinski definition) is 1. The van der Waals surface area contributed by atoms with Crippen molar-refractivity contribution in [2.75, 3.05) is 12.4 Å². The van der Waals surface area contributed by atoms with Crippen LogP contribution in [0.1, 0.15) is 48.1 Å². The summed E-state index contributed by atoms with van der Waals surface area (Å²) in [6.45, 7) is 9.58. The normalized spacial score (nSPS) is 10.2. The quantitative estimate of drug-likeness (QED) is 0.218. The lowest BCUT2D eigenvalue weighted by molar-refractivity contribution is -0.140. The van der Waals surface area contributed by atoms with Gasteiger partial charge in [-0.3, -0.25) is 4.79 Å². The van der Waals surface area contributed by atoms with E-state index in [0.717, 1.165) is 29.1 Å². The minimum Gasteiger partial charge on any atom is -0.489 e. The van der Waals surface area contributed by atoms with E-state index in [9.17, 15) is 4.79 Å². The third-order valence-electron chi connectivity index (χ3n) is 6.27. The highest BCUT2D eigenvalue weighted by atomic mass is 16.5. The van der Waals surface area contributed by atoms with Crippen LogP contribution in [0.15, 0.2) is 91.0 Å². The fraction of sp³-hybridized carbons (Fsp3) is 0.265. The number of carbonyl (C=O) groups is 1. The molecule has 0 unspecified atom stereocenters. The number of nitrogens with one attached hydrogen (secondary N) is 1. The standard InChI is InChI=1S/C32H33NO3.C2H6/c1-23-18-30(36-22-26-8-5-4-6-9-26)19-24(2)32(23)28-11-7-10-27(20-28)21-33-29-15-12-25(13-16-29)14-17-31(34)35-3;1-2/h4-13,15-16,18-20,33H,14,17,21-22H2,1-3H3;1-2H3. The smallest absolute Gasteiger partial charge is 0.305 e. The van der Waals surface area contributed by atoms with Crippen molar-refractivity contribution in [1.29, 1.82) is 0 Å². The average molecular weight is 510 g/mol. The van der Waals surface area contributed by atoms with Gasteiger partial charge in [0.2, 0.25) is 0 Å². The first-order chi connectivity index (χ1) is 18.5. The summed E-state index contributed by atoms with van der Waals surface area (Å²) < 4.78 is 10.8. The Morgan fingerprint density at radius 1 is 0.763 bits per heavy atom. The van der Waals surface area contributed by atoms with Crippen LogP contribution in [0.2, 0.25) is 0 Å². The lowest BCUT2D eigenvalue weighted by atomic mass is 9.94. The number of hydrogen-bond acceptors (Lipinski definition) is 4. The molecule has 0 amide bonds. The van der Waals surface area contributed by atoms with E-state index in [1.807, 2.05) is 32.0 Å². The van der Waals surface area contributed by atoms with Crippen LogP contribution in [0.25, 0.3) is 11.1 Å². The minimum absolute atomic E-state index is 0.183. The molecule has 0 spiro atoms. The summed E-state index contributed by atoms with van der Waals surface area (Å²) in [5.74, 6) is 0.711. The van der Waals surface area contributed by atoms with Crippen LogP contribution in [0.4, 0.5) is 5.69 Å². The zero-order chi connectivity index (χ0) is 27.3. The Kier molecular flexibility index (Phi) is 11.0. The zero-order valence-electron chi connectivity index (χ0n) is 23.2. The second-order valence-electron chi connectivity index (χ2n) is 9.03. The summed E-state index contributed by atoms with van der Waals surface area (Å²) in [7, 11) is 1.42. The Morgan fingerprint density at radius 3 is 2.08 bits per heavy atom. The number of aryl methyl sites for hydroxylation is 3. The van der Waals surface area contributed by atoms with Gasteiger partial charge in [0.05, 0.1) is 7.11 Å². The van der Waals surface area contributed by atoms with Gasteiger partial charge in [0.15, 0.2) is 0 Å². The summed E-state index contributed by atoms with van der Waals surface area (Å²) in [5.41, 5.74) is 9.40. The van der Waals surface area contributed by atoms with Gasteiger partial charge in [-0.25, -0.2) is 0 Å². The number of benzene rings is 4. The van der Waals surface area contributed by atoms with Crippen LogP contribution in [-0.4, -0.2) is 13.1 Å². The van der Waals surface area contributed by atoms with Crippen molar-refractivity contribution in [3.63, 3.8) is 0 Å². The molecule has 4 rings (SSSR count). The van der Waals surface area contributed by atoms with Gasteiger partial charge in [-0.2, -0.15) is 0 Å². The molecule has 0 aliphatic heterocycles. The molecule has 4 heteroatoms. The van der Waals surface area contributed by atoms with Crippen LogP contribution in [0, 0.1) is 13.8 Å². The Bertz CT molecular complexity index is 1270. The molecule has 0 saturated heterocycles. The van der Waals surface area contributed by atoms with Crippen LogP contribution >= 0.6 is 0 Å². The molecule has 0 aliphatic rings. The molecule has 0 atom stereocenters. The highest BCUT2D eigenvalue weighted by Crippen LogP contribution is 2.32. The molecule has 1 N–H and O–H groups in total. The van der Waals surface area contributed by atoms with Crippen molar-refractivity contribution < 1.29 is 14.3 Å². The molecule has 0 aliphatic carbocycles. The maximum absolute atomic E-state index is 11.3. The molecular weight excluding hydrogens is 470 g/mol. The molecule has 0 heterocycles. The lowest BCUT2D eigenvalue weighted by Gasteiger charge is -2.15. The van der Waals surface area contributed by atoms with Gasteiger partial charge >= 0.3 is 5.97 Å². The molecule has 0 bridgehead atoms. The van der Waals surface area contributed by atoms with Gasteiger partial charge in [-0.1, -0.05) is 74.5 Å². The summed E-state index contributed by atoms with van der Waals surface area (Å²) >= 11 is 0. The molecule has 38 heavy (non-hydrogen) atoms. The van der Waals surface area contributed by atoms with Crippen LogP contribution in [-0.2, 0) is 29.1 Å². The molecule has 0 fully saturated rings. The molecule has 0 saturated carbocycles. The first-order valence-electron chi connectivity index (χ1n) is 13.3. The number of methoxy groups -OCH3 is 1. The molecule has 198 valence electrons. The number of ether oxygens (including phenoxy) is 2. The number of carbonyl (C=O) groups excluding carboxylic acids is 1. The lowest BCUT2D eigenvalue weighted by Crippen LogP contribution is -2.02. The van der Waals surface area contributed by atoms with Gasteiger partial charge in [0.1, 0.15) is 12.4 Å². The number of rotatable bonds is 10. The van der Waals surface area contributed by atoms with Crippen molar-refractivity contribution in [1.82, 2.24) is 0 Å². The van der Waals surface area contributed by atoms with Crippen molar-refractivity contribution in [2.45, 2.75) is 53.7 Å². The van der Waals surface area contributed by atoms with Gasteiger partial charge in [0, 0.05) is 18.7 Å². The minimum atomic E-state index is -0.183. The number of esters is 1. The van der Waals surface area contributed by atoms with E-state index < -0.39 is 0 Å². The average Bonchev–Trinajstić information content (AvgIpc) is 2.96. The molecular formula is C34H39NO3. The van der Waals surface area contributed by atoms with Crippen molar-refractivity contribution in [3.8, 4) is 16.9 Å². The van der Waals surface area contributed by atoms with Crippen molar-refractivity contribution in [3.05, 3.63) is 119 Å². The van der Waals surface area contributed by atoms with E-state index in [4.69, 9.17) is 9.47 Å². The van der Waals surface area contributed by atoms with Gasteiger partial charge in [-0.15, -0.1) is 0 Å². The van der Waals surface area contributed by atoms with Crippen LogP contribution < -0.4 is 10.1 Å². The number of anilines is 1. The first-order valence-corrected chi connectivity index (χ1v) is 13.3. The summed E-state index contributed by atoms with van der Waals surface area (Å²) in [5, 5.41) is 3.50. The fourth-order valence-corrected chi connectivity index (χ4v) is 4.38. The molecule has 0 aromatic heterocycles. The Balaban J connectivity index is 0.00000195. The van der Waals surface area contributed by atoms with Gasteiger partial charge < -0.3 is 14.8 Å². The van der Waals surface area contributed by atoms with Crippen molar-refractivity contribution >= 4 is 11.7 Å². The topological polar surface area (TPSA) is 47.6 Å². The Hall–Kier alpha value is -4.05. The summed E-state index contributed by atoms with van der Waals surface area (Å²) in [6, 6.07) is 31.4. The van der Waals surface area contributed by atoms with Crippen LogP contribution in [0.3, 0.4) is 0 Å². The highest BCUT2D eigenvalue weighted by Gasteiger charge is 2.10. The zero-order valence-corrected chi connectivity index (χ0v) is 23.2. The van der Waals surface area contributed by atoms with E-state index in [0.29, 0.717) is 19.4 Å². The largest absolute Gasteiger partial charge is 0.489 e. The summed E-state index contributed by atoms with van der Waals surface area (Å²) in [6.07, 6.45) is 1.08. The third-order valence-corrected chi connectivity index (χ3v) is 6.27. The second-order valence-corrected chi connectivity index (χ2v) is 9.03. The predicted octanol–water partition coefficient (Wildman–Crippen LogP) is 8.29. The predicted molar refractivity (Wildman–Crippen MR) is 158 cm³/mol. The Morgan fingerprint density at radius 2 is 1.42 bits per heavy atom. The third kappa shape index (κ3) is 8.24. The van der Waals surface area contributed by atoms with E-state index in [1.165, 1.54) is 34.9 Å². The van der Waals surface area contributed by atoms with Gasteiger partial charge in [0.25, 0.3) is 0 Å². The second kappa shape index (κ2) is 14.6. The maximum Gasteiger partial charge on any atom is 0.305 e. The van der Waals surface area contributed by atoms with Gasteiger partial charge in [-0.05, 0) is 89.5 Å². The highest BCUT2D eigenvalue weighted by molar-refractivity contribution is 5.72. The summed E-state index contributed by atoms with van der Waals surface area (Å²) in [4.78, 5) is 11.3. The van der Waals surface area contributed by atoms with E-state index in [1.54, 1.807) is 0 Å². The molecule has 4 aromatic carbocycles. The Labute approximate surface area is 227 Å².